The molecule has 17 heavy (non-hydrogen) atoms. The van der Waals surface area contributed by atoms with Crippen molar-refractivity contribution in [2.45, 2.75) is 13.5 Å². The molecule has 0 bridgehead atoms. The predicted octanol–water partition coefficient (Wildman–Crippen LogP) is 2.56. The molecule has 0 fully saturated rings. The van der Waals surface area contributed by atoms with Crippen molar-refractivity contribution in [1.29, 1.82) is 0 Å². The number of aryl methyl sites for hydroxylation is 1. The van der Waals surface area contributed by atoms with E-state index in [9.17, 15) is 8.78 Å². The summed E-state index contributed by atoms with van der Waals surface area (Å²) in [5.41, 5.74) is 4.97. The van der Waals surface area contributed by atoms with Crippen molar-refractivity contribution in [1.82, 2.24) is 9.55 Å². The van der Waals surface area contributed by atoms with Crippen LogP contribution in [0.4, 0.5) is 14.5 Å². The first kappa shape index (κ1) is 11.4. The van der Waals surface area contributed by atoms with Gasteiger partial charge in [-0.25, -0.2) is 13.8 Å². The molecule has 1 heterocycles. The van der Waals surface area contributed by atoms with Gasteiger partial charge in [0.05, 0.1) is 5.69 Å². The molecule has 0 amide bonds. The van der Waals surface area contributed by atoms with Gasteiger partial charge in [-0.2, -0.15) is 0 Å². The second-order valence-electron chi connectivity index (χ2n) is 3.40. The fourth-order valence-electron chi connectivity index (χ4n) is 1.36. The maximum atomic E-state index is 13.4. The molecule has 0 spiro atoms. The van der Waals surface area contributed by atoms with Crippen molar-refractivity contribution in [2.24, 2.45) is 0 Å². The molecule has 0 radical (unpaired) electrons. The van der Waals surface area contributed by atoms with Gasteiger partial charge >= 0.3 is 6.01 Å². The van der Waals surface area contributed by atoms with E-state index in [-0.39, 0.29) is 17.4 Å². The van der Waals surface area contributed by atoms with E-state index in [1.807, 2.05) is 6.92 Å². The van der Waals surface area contributed by atoms with Crippen LogP contribution in [0.5, 0.6) is 11.8 Å². The Morgan fingerprint density at radius 3 is 2.82 bits per heavy atom. The SMILES string of the molecule is CCn1ccnc1Oc1cc(F)c(N)cc1F. The molecular weight excluding hydrogens is 228 g/mol. The standard InChI is InChI=1S/C11H11F2N3O/c1-2-16-4-3-15-11(16)17-10-6-7(12)9(14)5-8(10)13/h3-6H,2,14H2,1H3. The molecule has 6 heteroatoms. The third-order valence-corrected chi connectivity index (χ3v) is 2.27. The first-order valence-electron chi connectivity index (χ1n) is 5.05. The van der Waals surface area contributed by atoms with Crippen LogP contribution in [0.15, 0.2) is 24.5 Å². The highest BCUT2D eigenvalue weighted by molar-refractivity contribution is 5.45. The minimum absolute atomic E-state index is 0.204. The molecule has 2 aromatic rings. The third-order valence-electron chi connectivity index (χ3n) is 2.27. The smallest absolute Gasteiger partial charge is 0.301 e. The van der Waals surface area contributed by atoms with Crippen LogP contribution >= 0.6 is 0 Å². The summed E-state index contributed by atoms with van der Waals surface area (Å²) in [4.78, 5) is 3.90. The zero-order chi connectivity index (χ0) is 12.4. The van der Waals surface area contributed by atoms with Crippen LogP contribution < -0.4 is 10.5 Å². The van der Waals surface area contributed by atoms with Crippen LogP contribution in [0.3, 0.4) is 0 Å². The van der Waals surface area contributed by atoms with Gasteiger partial charge in [-0.15, -0.1) is 0 Å². The molecule has 0 unspecified atom stereocenters. The summed E-state index contributed by atoms with van der Waals surface area (Å²) < 4.78 is 33.5. The first-order chi connectivity index (χ1) is 8.11. The highest BCUT2D eigenvalue weighted by Gasteiger charge is 2.12. The first-order valence-corrected chi connectivity index (χ1v) is 5.05. The number of nitrogens with zero attached hydrogens (tertiary/aromatic N) is 2. The van der Waals surface area contributed by atoms with Crippen LogP contribution in [0.2, 0.25) is 0 Å². The molecule has 2 N–H and O–H groups in total. The summed E-state index contributed by atoms with van der Waals surface area (Å²) in [5.74, 6) is -1.69. The Hall–Kier alpha value is -2.11. The summed E-state index contributed by atoms with van der Waals surface area (Å²) in [5, 5.41) is 0. The maximum absolute atomic E-state index is 13.4. The molecule has 1 aromatic heterocycles. The lowest BCUT2D eigenvalue weighted by Crippen LogP contribution is -2.00. The predicted molar refractivity (Wildman–Crippen MR) is 58.7 cm³/mol. The highest BCUT2D eigenvalue weighted by atomic mass is 19.1. The molecule has 0 saturated carbocycles. The molecule has 2 rings (SSSR count). The Labute approximate surface area is 96.6 Å². The fraction of sp³-hybridized carbons (Fsp3) is 0.182. The molecule has 0 aliphatic rings. The summed E-state index contributed by atoms with van der Waals surface area (Å²) in [6, 6.07) is 1.99. The lowest BCUT2D eigenvalue weighted by atomic mass is 10.3. The third kappa shape index (κ3) is 2.20. The Kier molecular flexibility index (Phi) is 2.95. The zero-order valence-corrected chi connectivity index (χ0v) is 9.15. The van der Waals surface area contributed by atoms with E-state index in [1.165, 1.54) is 6.20 Å². The summed E-state index contributed by atoms with van der Waals surface area (Å²) in [7, 11) is 0. The average molecular weight is 239 g/mol. The molecule has 1 aromatic carbocycles. The van der Waals surface area contributed by atoms with Gasteiger partial charge in [0.1, 0.15) is 5.82 Å². The van der Waals surface area contributed by atoms with Gasteiger partial charge in [-0.3, -0.25) is 0 Å². The molecule has 4 nitrogen and oxygen atoms in total. The Balaban J connectivity index is 2.33. The van der Waals surface area contributed by atoms with Crippen molar-refractivity contribution in [3.05, 3.63) is 36.2 Å². The highest BCUT2D eigenvalue weighted by Crippen LogP contribution is 2.26. The van der Waals surface area contributed by atoms with Crippen molar-refractivity contribution < 1.29 is 13.5 Å². The Morgan fingerprint density at radius 2 is 2.12 bits per heavy atom. The van der Waals surface area contributed by atoms with Gasteiger partial charge in [0.2, 0.25) is 0 Å². The topological polar surface area (TPSA) is 53.1 Å². The van der Waals surface area contributed by atoms with Crippen LogP contribution in [0.1, 0.15) is 6.92 Å². The normalized spacial score (nSPS) is 10.5. The van der Waals surface area contributed by atoms with Gasteiger partial charge in [-0.05, 0) is 6.92 Å². The fourth-order valence-corrected chi connectivity index (χ4v) is 1.36. The maximum Gasteiger partial charge on any atom is 0.301 e. The number of benzene rings is 1. The summed E-state index contributed by atoms with van der Waals surface area (Å²) in [6.45, 7) is 2.50. The number of ether oxygens (including phenoxy) is 1. The Bertz CT molecular complexity index is 540. The van der Waals surface area contributed by atoms with Crippen LogP contribution in [0, 0.1) is 11.6 Å². The number of anilines is 1. The van der Waals surface area contributed by atoms with E-state index in [0.717, 1.165) is 12.1 Å². The minimum atomic E-state index is -0.727. The molecular formula is C11H11F2N3O. The van der Waals surface area contributed by atoms with Crippen molar-refractivity contribution in [2.75, 3.05) is 5.73 Å². The molecule has 0 aliphatic carbocycles. The number of hydrogen-bond acceptors (Lipinski definition) is 3. The van der Waals surface area contributed by atoms with Crippen molar-refractivity contribution in [3.63, 3.8) is 0 Å². The second-order valence-corrected chi connectivity index (χ2v) is 3.40. The molecule has 0 saturated heterocycles. The summed E-state index contributed by atoms with van der Waals surface area (Å²) >= 11 is 0. The molecule has 0 aliphatic heterocycles. The largest absolute Gasteiger partial charge is 0.422 e. The number of nitrogens with two attached hydrogens (primary N) is 1. The van der Waals surface area contributed by atoms with Crippen LogP contribution in [-0.4, -0.2) is 9.55 Å². The van der Waals surface area contributed by atoms with Gasteiger partial charge in [-0.1, -0.05) is 0 Å². The van der Waals surface area contributed by atoms with Gasteiger partial charge in [0, 0.05) is 31.1 Å². The van der Waals surface area contributed by atoms with Crippen LogP contribution in [-0.2, 0) is 6.54 Å². The van der Waals surface area contributed by atoms with E-state index in [1.54, 1.807) is 10.8 Å². The van der Waals surface area contributed by atoms with Crippen molar-refractivity contribution in [3.8, 4) is 11.8 Å². The van der Waals surface area contributed by atoms with Gasteiger partial charge in [0.25, 0.3) is 0 Å². The van der Waals surface area contributed by atoms with E-state index in [2.05, 4.69) is 4.98 Å². The lowest BCUT2D eigenvalue weighted by Gasteiger charge is -2.08. The molecule has 0 atom stereocenters. The van der Waals surface area contributed by atoms with Gasteiger partial charge < -0.3 is 15.0 Å². The van der Waals surface area contributed by atoms with E-state index >= 15 is 0 Å². The quantitative estimate of drug-likeness (QED) is 0.837. The minimum Gasteiger partial charge on any atom is -0.422 e. The van der Waals surface area contributed by atoms with Gasteiger partial charge in [0.15, 0.2) is 11.6 Å². The lowest BCUT2D eigenvalue weighted by molar-refractivity contribution is 0.387. The van der Waals surface area contributed by atoms with E-state index in [0.29, 0.717) is 6.54 Å². The molecule has 90 valence electrons. The second kappa shape index (κ2) is 4.40. The average Bonchev–Trinajstić information content (AvgIpc) is 2.73. The number of imidazole rings is 1. The Morgan fingerprint density at radius 1 is 1.35 bits per heavy atom. The number of aromatic nitrogens is 2. The number of halogens is 2. The zero-order valence-electron chi connectivity index (χ0n) is 9.15. The summed E-state index contributed by atoms with van der Waals surface area (Å²) in [6.07, 6.45) is 3.20. The van der Waals surface area contributed by atoms with Crippen molar-refractivity contribution >= 4 is 5.69 Å². The van der Waals surface area contributed by atoms with E-state index < -0.39 is 11.6 Å². The number of hydrogen-bond donors (Lipinski definition) is 1. The number of nitrogen functional groups attached to an aromatic ring is 1. The monoisotopic (exact) mass is 239 g/mol. The van der Waals surface area contributed by atoms with E-state index in [4.69, 9.17) is 10.5 Å². The van der Waals surface area contributed by atoms with Crippen LogP contribution in [0.25, 0.3) is 0 Å². The number of rotatable bonds is 3.